The molecule has 3 aromatic carbocycles. The van der Waals surface area contributed by atoms with Crippen LogP contribution in [0.1, 0.15) is 55.2 Å². The summed E-state index contributed by atoms with van der Waals surface area (Å²) in [7, 11) is 0. The lowest BCUT2D eigenvalue weighted by Crippen LogP contribution is -2.53. The van der Waals surface area contributed by atoms with E-state index in [2.05, 4.69) is 86.3 Å². The molecule has 0 N–H and O–H groups in total. The molecule has 0 aliphatic heterocycles. The van der Waals surface area contributed by atoms with Gasteiger partial charge in [0.1, 0.15) is 11.4 Å². The Bertz CT molecular complexity index is 1240. The zero-order valence-electron chi connectivity index (χ0n) is 22.2. The molecule has 0 unspecified atom stereocenters. The summed E-state index contributed by atoms with van der Waals surface area (Å²) in [6.07, 6.45) is 7.14. The number of para-hydroxylation sites is 1. The molecule has 192 valence electrons. The highest BCUT2D eigenvalue weighted by molar-refractivity contribution is 5.78. The van der Waals surface area contributed by atoms with Gasteiger partial charge in [-0.2, -0.15) is 0 Å². The molecule has 4 aliphatic rings. The molecule has 4 fully saturated rings. The smallest absolute Gasteiger partial charge is 0.344 e. The zero-order valence-corrected chi connectivity index (χ0v) is 22.2. The van der Waals surface area contributed by atoms with E-state index >= 15 is 0 Å². The van der Waals surface area contributed by atoms with Gasteiger partial charge < -0.3 is 14.4 Å². The Morgan fingerprint density at radius 3 is 1.97 bits per heavy atom. The quantitative estimate of drug-likeness (QED) is 0.312. The van der Waals surface area contributed by atoms with Gasteiger partial charge in [0, 0.05) is 17.1 Å². The Hall–Kier alpha value is -3.27. The number of anilines is 3. The van der Waals surface area contributed by atoms with Gasteiger partial charge in [-0.15, -0.1) is 0 Å². The van der Waals surface area contributed by atoms with Crippen LogP contribution in [-0.4, -0.2) is 18.2 Å². The molecule has 0 atom stereocenters. The fraction of sp³-hybridized carbons (Fsp3) is 0.424. The molecule has 0 radical (unpaired) electrons. The number of hydrogen-bond acceptors (Lipinski definition) is 4. The predicted molar refractivity (Wildman–Crippen MR) is 148 cm³/mol. The summed E-state index contributed by atoms with van der Waals surface area (Å²) in [5.41, 5.74) is 6.27. The Morgan fingerprint density at radius 1 is 0.784 bits per heavy atom. The van der Waals surface area contributed by atoms with E-state index in [0.717, 1.165) is 71.0 Å². The Labute approximate surface area is 220 Å². The van der Waals surface area contributed by atoms with Gasteiger partial charge in [-0.3, -0.25) is 0 Å². The second-order valence-corrected chi connectivity index (χ2v) is 11.8. The summed E-state index contributed by atoms with van der Waals surface area (Å²) in [5.74, 6) is 2.79. The first-order chi connectivity index (χ1) is 17.9. The van der Waals surface area contributed by atoms with E-state index in [4.69, 9.17) is 9.47 Å². The number of carbonyl (C=O) groups excluding carboxylic acids is 1. The fourth-order valence-electron chi connectivity index (χ4n) is 7.63. The van der Waals surface area contributed by atoms with Gasteiger partial charge in [0.05, 0.1) is 0 Å². The summed E-state index contributed by atoms with van der Waals surface area (Å²) in [6, 6.07) is 23.2. The molecule has 0 heterocycles. The predicted octanol–water partition coefficient (Wildman–Crippen LogP) is 7.97. The summed E-state index contributed by atoms with van der Waals surface area (Å²) < 4.78 is 12.3. The van der Waals surface area contributed by atoms with E-state index < -0.39 is 0 Å². The molecule has 4 aliphatic carbocycles. The van der Waals surface area contributed by atoms with E-state index in [9.17, 15) is 4.79 Å². The monoisotopic (exact) mass is 495 g/mol. The van der Waals surface area contributed by atoms with Crippen molar-refractivity contribution in [2.75, 3.05) is 11.5 Å². The molecule has 0 saturated heterocycles. The first-order valence-electron chi connectivity index (χ1n) is 13.8. The third kappa shape index (κ3) is 4.86. The van der Waals surface area contributed by atoms with Crippen LogP contribution in [0.15, 0.2) is 66.7 Å². The molecule has 0 spiro atoms. The number of nitrogens with zero attached hydrogens (tertiary/aromatic N) is 1. The maximum atomic E-state index is 12.9. The standard InChI is InChI=1S/C33H37NO3/c1-22-8-7-11-29(12-22)34(28-9-5-4-6-10-28)30-13-23(2)32(24(3)14-30)36-21-31(35)37-33-18-25-15-26(19-33)17-27(16-25)20-33/h4-14,25-27H,15-21H2,1-3H3. The molecule has 4 heteroatoms. The number of hydrogen-bond donors (Lipinski definition) is 0. The van der Waals surface area contributed by atoms with E-state index in [-0.39, 0.29) is 18.2 Å². The second-order valence-electron chi connectivity index (χ2n) is 11.8. The van der Waals surface area contributed by atoms with E-state index in [0.29, 0.717) is 0 Å². The molecular formula is C33H37NO3. The molecule has 3 aromatic rings. The zero-order chi connectivity index (χ0) is 25.6. The average Bonchev–Trinajstić information content (AvgIpc) is 2.83. The van der Waals surface area contributed by atoms with Gasteiger partial charge in [-0.05, 0) is 130 Å². The average molecular weight is 496 g/mol. The van der Waals surface area contributed by atoms with Crippen molar-refractivity contribution in [1.29, 1.82) is 0 Å². The minimum Gasteiger partial charge on any atom is -0.481 e. The van der Waals surface area contributed by atoms with Gasteiger partial charge in [-0.1, -0.05) is 30.3 Å². The number of esters is 1. The third-order valence-corrected chi connectivity index (χ3v) is 8.62. The van der Waals surface area contributed by atoms with Gasteiger partial charge in [0.2, 0.25) is 0 Å². The number of carbonyl (C=O) groups is 1. The Kier molecular flexibility index (Phi) is 6.22. The van der Waals surface area contributed by atoms with E-state index in [1.54, 1.807) is 0 Å². The first-order valence-corrected chi connectivity index (χ1v) is 13.8. The molecule has 7 rings (SSSR count). The Morgan fingerprint density at radius 2 is 1.38 bits per heavy atom. The van der Waals surface area contributed by atoms with Gasteiger partial charge in [0.15, 0.2) is 6.61 Å². The normalized spacial score (nSPS) is 25.6. The maximum Gasteiger partial charge on any atom is 0.344 e. The number of ether oxygens (including phenoxy) is 2. The van der Waals surface area contributed by atoms with Crippen LogP contribution in [-0.2, 0) is 9.53 Å². The van der Waals surface area contributed by atoms with Crippen molar-refractivity contribution >= 4 is 23.0 Å². The molecular weight excluding hydrogens is 458 g/mol. The molecule has 37 heavy (non-hydrogen) atoms. The topological polar surface area (TPSA) is 38.8 Å². The van der Waals surface area contributed by atoms with Crippen LogP contribution >= 0.6 is 0 Å². The lowest BCUT2D eigenvalue weighted by molar-refractivity contribution is -0.188. The minimum absolute atomic E-state index is 0.0386. The van der Waals surface area contributed by atoms with Gasteiger partial charge in [-0.25, -0.2) is 4.79 Å². The van der Waals surface area contributed by atoms with Crippen LogP contribution in [0.2, 0.25) is 0 Å². The Balaban J connectivity index is 1.20. The number of aryl methyl sites for hydroxylation is 3. The highest BCUT2D eigenvalue weighted by atomic mass is 16.6. The van der Waals surface area contributed by atoms with Crippen LogP contribution in [0.25, 0.3) is 0 Å². The summed E-state index contributed by atoms with van der Waals surface area (Å²) in [4.78, 5) is 15.2. The number of rotatable bonds is 7. The summed E-state index contributed by atoms with van der Waals surface area (Å²) in [6.45, 7) is 6.18. The van der Waals surface area contributed by atoms with Crippen molar-refractivity contribution < 1.29 is 14.3 Å². The SMILES string of the molecule is Cc1cccc(N(c2ccccc2)c2cc(C)c(OCC(=O)OC34CC5CC(CC(C5)C3)C4)c(C)c2)c1. The lowest BCUT2D eigenvalue weighted by Gasteiger charge is -2.55. The highest BCUT2D eigenvalue weighted by Crippen LogP contribution is 2.57. The molecule has 0 aromatic heterocycles. The molecule has 4 bridgehead atoms. The van der Waals surface area contributed by atoms with Gasteiger partial charge >= 0.3 is 5.97 Å². The molecule has 4 nitrogen and oxygen atoms in total. The third-order valence-electron chi connectivity index (χ3n) is 8.62. The van der Waals surface area contributed by atoms with Crippen molar-refractivity contribution in [1.82, 2.24) is 0 Å². The lowest BCUT2D eigenvalue weighted by atomic mass is 9.54. The fourth-order valence-corrected chi connectivity index (χ4v) is 7.63. The van der Waals surface area contributed by atoms with Crippen LogP contribution in [0, 0.1) is 38.5 Å². The molecule has 4 saturated carbocycles. The summed E-state index contributed by atoms with van der Waals surface area (Å²) in [5, 5.41) is 0. The maximum absolute atomic E-state index is 12.9. The minimum atomic E-state index is -0.229. The van der Waals surface area contributed by atoms with Crippen LogP contribution < -0.4 is 9.64 Å². The van der Waals surface area contributed by atoms with Crippen molar-refractivity contribution in [2.24, 2.45) is 17.8 Å². The first kappa shape index (κ1) is 24.1. The number of benzene rings is 3. The second kappa shape index (κ2) is 9.55. The van der Waals surface area contributed by atoms with E-state index in [1.165, 1.54) is 24.8 Å². The van der Waals surface area contributed by atoms with Crippen molar-refractivity contribution in [3.63, 3.8) is 0 Å². The molecule has 0 amide bonds. The van der Waals surface area contributed by atoms with Crippen LogP contribution in [0.4, 0.5) is 17.1 Å². The van der Waals surface area contributed by atoms with Gasteiger partial charge in [0.25, 0.3) is 0 Å². The van der Waals surface area contributed by atoms with Crippen LogP contribution in [0.3, 0.4) is 0 Å². The van der Waals surface area contributed by atoms with Crippen molar-refractivity contribution in [2.45, 2.75) is 64.9 Å². The van der Waals surface area contributed by atoms with Crippen molar-refractivity contribution in [3.05, 3.63) is 83.4 Å². The largest absolute Gasteiger partial charge is 0.481 e. The highest BCUT2D eigenvalue weighted by Gasteiger charge is 2.53. The van der Waals surface area contributed by atoms with E-state index in [1.807, 2.05) is 6.07 Å². The van der Waals surface area contributed by atoms with Crippen molar-refractivity contribution in [3.8, 4) is 5.75 Å². The van der Waals surface area contributed by atoms with Crippen LogP contribution in [0.5, 0.6) is 5.75 Å². The summed E-state index contributed by atoms with van der Waals surface area (Å²) >= 11 is 0.